The minimum Gasteiger partial charge on any atom is -0.314 e. The molecule has 6 heteroatoms. The number of nitrogens with zero attached hydrogens (tertiary/aromatic N) is 2. The molecule has 96 valence electrons. The first-order valence-electron chi connectivity index (χ1n) is 5.89. The van der Waals surface area contributed by atoms with E-state index in [-0.39, 0.29) is 0 Å². The monoisotopic (exact) mass is 247 g/mol. The first-order valence-corrected chi connectivity index (χ1v) is 5.89. The van der Waals surface area contributed by atoms with Crippen LogP contribution in [-0.2, 0) is 12.7 Å². The predicted molar refractivity (Wildman–Crippen MR) is 57.5 cm³/mol. The fraction of sp³-hybridized carbons (Fsp3) is 0.727. The normalized spacial score (nSPS) is 21.0. The maximum Gasteiger partial charge on any atom is 0.419 e. The second-order valence-electron chi connectivity index (χ2n) is 4.43. The molecule has 2 rings (SSSR count). The second-order valence-corrected chi connectivity index (χ2v) is 4.43. The maximum absolute atomic E-state index is 12.3. The molecule has 2 heterocycles. The molecular formula is C11H16F3N3. The Kier molecular flexibility index (Phi) is 3.71. The molecule has 0 saturated carbocycles. The standard InChI is InChI=1S/C11H16F3N3/c12-11(13,14)9-7-16-17(8-9)6-2-4-10-3-1-5-15-10/h7-8,10,15H,1-6H2. The van der Waals surface area contributed by atoms with Crippen molar-refractivity contribution in [3.8, 4) is 0 Å². The van der Waals surface area contributed by atoms with Gasteiger partial charge in [0.1, 0.15) is 0 Å². The molecular weight excluding hydrogens is 231 g/mol. The van der Waals surface area contributed by atoms with Crippen LogP contribution in [0.3, 0.4) is 0 Å². The van der Waals surface area contributed by atoms with E-state index in [0.29, 0.717) is 12.6 Å². The van der Waals surface area contributed by atoms with Crippen molar-refractivity contribution in [3.63, 3.8) is 0 Å². The number of rotatable bonds is 4. The van der Waals surface area contributed by atoms with E-state index in [2.05, 4.69) is 10.4 Å². The van der Waals surface area contributed by atoms with Crippen LogP contribution in [-0.4, -0.2) is 22.4 Å². The summed E-state index contributed by atoms with van der Waals surface area (Å²) in [5.41, 5.74) is -0.670. The zero-order valence-corrected chi connectivity index (χ0v) is 9.50. The molecule has 1 aromatic heterocycles. The molecule has 1 N–H and O–H groups in total. The second kappa shape index (κ2) is 5.08. The third-order valence-corrected chi connectivity index (χ3v) is 3.06. The summed E-state index contributed by atoms with van der Waals surface area (Å²) in [7, 11) is 0. The summed E-state index contributed by atoms with van der Waals surface area (Å²) < 4.78 is 38.3. The van der Waals surface area contributed by atoms with Gasteiger partial charge < -0.3 is 5.32 Å². The lowest BCUT2D eigenvalue weighted by atomic mass is 10.1. The van der Waals surface area contributed by atoms with Crippen LogP contribution >= 0.6 is 0 Å². The molecule has 0 amide bonds. The number of nitrogens with one attached hydrogen (secondary N) is 1. The summed E-state index contributed by atoms with van der Waals surface area (Å²) in [5.74, 6) is 0. The molecule has 0 spiro atoms. The molecule has 1 aliphatic heterocycles. The zero-order valence-electron chi connectivity index (χ0n) is 9.50. The Morgan fingerprint density at radius 1 is 1.47 bits per heavy atom. The van der Waals surface area contributed by atoms with Crippen LogP contribution in [0.5, 0.6) is 0 Å². The molecule has 3 nitrogen and oxygen atoms in total. The molecule has 17 heavy (non-hydrogen) atoms. The Hall–Kier alpha value is -1.04. The first kappa shape index (κ1) is 12.4. The number of aryl methyl sites for hydroxylation is 1. The van der Waals surface area contributed by atoms with Crippen LogP contribution in [0.2, 0.25) is 0 Å². The Morgan fingerprint density at radius 3 is 2.88 bits per heavy atom. The van der Waals surface area contributed by atoms with Crippen LogP contribution in [0.4, 0.5) is 13.2 Å². The third-order valence-electron chi connectivity index (χ3n) is 3.06. The van der Waals surface area contributed by atoms with E-state index in [0.717, 1.165) is 31.8 Å². The van der Waals surface area contributed by atoms with E-state index in [1.54, 1.807) is 0 Å². The topological polar surface area (TPSA) is 29.9 Å². The largest absolute Gasteiger partial charge is 0.419 e. The molecule has 0 aliphatic carbocycles. The van der Waals surface area contributed by atoms with Crippen LogP contribution in [0.25, 0.3) is 0 Å². The Labute approximate surface area is 98.0 Å². The first-order chi connectivity index (χ1) is 8.05. The van der Waals surface area contributed by atoms with Gasteiger partial charge in [-0.2, -0.15) is 18.3 Å². The molecule has 1 fully saturated rings. The lowest BCUT2D eigenvalue weighted by Gasteiger charge is -2.09. The van der Waals surface area contributed by atoms with Gasteiger partial charge in [0, 0.05) is 18.8 Å². The summed E-state index contributed by atoms with van der Waals surface area (Å²) in [6.45, 7) is 1.61. The van der Waals surface area contributed by atoms with Gasteiger partial charge in [-0.05, 0) is 32.2 Å². The van der Waals surface area contributed by atoms with Crippen molar-refractivity contribution >= 4 is 0 Å². The summed E-state index contributed by atoms with van der Waals surface area (Å²) in [6.07, 6.45) is 1.90. The summed E-state index contributed by atoms with van der Waals surface area (Å²) in [4.78, 5) is 0. The van der Waals surface area contributed by atoms with Crippen molar-refractivity contribution in [2.24, 2.45) is 0 Å². The molecule has 1 atom stereocenters. The van der Waals surface area contributed by atoms with Gasteiger partial charge >= 0.3 is 6.18 Å². The Balaban J connectivity index is 1.77. The predicted octanol–water partition coefficient (Wildman–Crippen LogP) is 2.43. The van der Waals surface area contributed by atoms with Crippen LogP contribution in [0.1, 0.15) is 31.2 Å². The van der Waals surface area contributed by atoms with Crippen molar-refractivity contribution in [1.82, 2.24) is 15.1 Å². The van der Waals surface area contributed by atoms with Crippen molar-refractivity contribution in [2.75, 3.05) is 6.54 Å². The maximum atomic E-state index is 12.3. The molecule has 1 aliphatic rings. The Bertz CT molecular complexity index is 353. The fourth-order valence-corrected chi connectivity index (χ4v) is 2.14. The van der Waals surface area contributed by atoms with Gasteiger partial charge in [-0.25, -0.2) is 0 Å². The van der Waals surface area contributed by atoms with Gasteiger partial charge in [0.25, 0.3) is 0 Å². The molecule has 1 saturated heterocycles. The van der Waals surface area contributed by atoms with Crippen LogP contribution in [0, 0.1) is 0 Å². The van der Waals surface area contributed by atoms with Crippen molar-refractivity contribution in [3.05, 3.63) is 18.0 Å². The van der Waals surface area contributed by atoms with E-state index in [4.69, 9.17) is 0 Å². The third kappa shape index (κ3) is 3.46. The average Bonchev–Trinajstić information content (AvgIpc) is 2.86. The highest BCUT2D eigenvalue weighted by atomic mass is 19.4. The average molecular weight is 247 g/mol. The molecule has 0 bridgehead atoms. The van der Waals surface area contributed by atoms with Crippen LogP contribution < -0.4 is 5.32 Å². The summed E-state index contributed by atoms with van der Waals surface area (Å²) >= 11 is 0. The Morgan fingerprint density at radius 2 is 2.29 bits per heavy atom. The summed E-state index contributed by atoms with van der Waals surface area (Å²) in [5, 5.41) is 7.09. The molecule has 0 radical (unpaired) electrons. The highest BCUT2D eigenvalue weighted by Gasteiger charge is 2.32. The number of hydrogen-bond acceptors (Lipinski definition) is 2. The minimum atomic E-state index is -4.29. The highest BCUT2D eigenvalue weighted by Crippen LogP contribution is 2.28. The molecule has 1 aromatic rings. The number of hydrogen-bond donors (Lipinski definition) is 1. The number of aromatic nitrogens is 2. The van der Waals surface area contributed by atoms with E-state index in [1.165, 1.54) is 17.5 Å². The van der Waals surface area contributed by atoms with Gasteiger partial charge in [-0.15, -0.1) is 0 Å². The smallest absolute Gasteiger partial charge is 0.314 e. The van der Waals surface area contributed by atoms with Crippen LogP contribution in [0.15, 0.2) is 12.4 Å². The molecule has 0 aromatic carbocycles. The van der Waals surface area contributed by atoms with Gasteiger partial charge in [0.05, 0.1) is 11.8 Å². The highest BCUT2D eigenvalue weighted by molar-refractivity contribution is 5.08. The lowest BCUT2D eigenvalue weighted by molar-refractivity contribution is -0.137. The number of halogens is 3. The fourth-order valence-electron chi connectivity index (χ4n) is 2.14. The van der Waals surface area contributed by atoms with Gasteiger partial charge in [-0.1, -0.05) is 0 Å². The van der Waals surface area contributed by atoms with Gasteiger partial charge in [-0.3, -0.25) is 4.68 Å². The van der Waals surface area contributed by atoms with Crippen molar-refractivity contribution in [2.45, 2.75) is 44.4 Å². The number of alkyl halides is 3. The quantitative estimate of drug-likeness (QED) is 0.885. The zero-order chi connectivity index (χ0) is 12.3. The lowest BCUT2D eigenvalue weighted by Crippen LogP contribution is -2.21. The van der Waals surface area contributed by atoms with Crippen molar-refractivity contribution in [1.29, 1.82) is 0 Å². The van der Waals surface area contributed by atoms with Crippen molar-refractivity contribution < 1.29 is 13.2 Å². The SMILES string of the molecule is FC(F)(F)c1cnn(CCCC2CCCN2)c1. The summed E-state index contributed by atoms with van der Waals surface area (Å²) in [6, 6.07) is 0.535. The van der Waals surface area contributed by atoms with Gasteiger partial charge in [0.2, 0.25) is 0 Å². The van der Waals surface area contributed by atoms with E-state index in [9.17, 15) is 13.2 Å². The molecule has 1 unspecified atom stereocenters. The van der Waals surface area contributed by atoms with Gasteiger partial charge in [0.15, 0.2) is 0 Å². The van der Waals surface area contributed by atoms with E-state index < -0.39 is 11.7 Å². The van der Waals surface area contributed by atoms with E-state index in [1.807, 2.05) is 0 Å². The van der Waals surface area contributed by atoms with E-state index >= 15 is 0 Å². The minimum absolute atomic E-state index is 0.535.